The maximum absolute atomic E-state index is 11.7. The normalized spacial score (nSPS) is 10.6. The number of nitro groups is 1. The first-order valence-corrected chi connectivity index (χ1v) is 8.35. The van der Waals surface area contributed by atoms with Crippen LogP contribution in [0.25, 0.3) is 6.08 Å². The number of esters is 1. The molecule has 8 heteroatoms. The monoisotopic (exact) mass is 360 g/mol. The molecule has 2 aromatic rings. The fraction of sp³-hybridized carbons (Fsp3) is 0.176. The van der Waals surface area contributed by atoms with E-state index in [0.717, 1.165) is 0 Å². The Bertz CT molecular complexity index is 754. The number of non-ortho nitro benzene ring substituents is 1. The minimum Gasteiger partial charge on any atom is -0.462 e. The van der Waals surface area contributed by atoms with Crippen LogP contribution in [0.1, 0.15) is 21.7 Å². The summed E-state index contributed by atoms with van der Waals surface area (Å²) in [6.07, 6.45) is 3.28. The summed E-state index contributed by atoms with van der Waals surface area (Å²) in [6, 6.07) is 9.36. The molecule has 0 atom stereocenters. The van der Waals surface area contributed by atoms with E-state index in [1.807, 2.05) is 5.38 Å². The Kier molecular flexibility index (Phi) is 6.85. The van der Waals surface area contributed by atoms with E-state index in [1.165, 1.54) is 35.6 Å². The van der Waals surface area contributed by atoms with Gasteiger partial charge in [0.2, 0.25) is 0 Å². The molecule has 0 aliphatic heterocycles. The number of nitrogens with zero attached hydrogens (tertiary/aromatic N) is 1. The SMILES string of the molecule is O=C(/C=C/c1ccc([N+](=O)[O-])cc1)OCCCNC(=O)c1cccs1. The third kappa shape index (κ3) is 6.19. The van der Waals surface area contributed by atoms with E-state index in [9.17, 15) is 19.7 Å². The molecule has 0 aliphatic rings. The summed E-state index contributed by atoms with van der Waals surface area (Å²) in [5, 5.41) is 15.1. The molecule has 7 nitrogen and oxygen atoms in total. The van der Waals surface area contributed by atoms with Gasteiger partial charge in [-0.3, -0.25) is 14.9 Å². The fourth-order valence-corrected chi connectivity index (χ4v) is 2.50. The number of nitro benzene ring substituents is 1. The van der Waals surface area contributed by atoms with E-state index >= 15 is 0 Å². The molecule has 0 unspecified atom stereocenters. The molecule has 0 bridgehead atoms. The Hall–Kier alpha value is -3.00. The number of thiophene rings is 1. The highest BCUT2D eigenvalue weighted by Crippen LogP contribution is 2.12. The number of rotatable bonds is 8. The summed E-state index contributed by atoms with van der Waals surface area (Å²) in [4.78, 5) is 33.9. The first kappa shape index (κ1) is 18.3. The van der Waals surface area contributed by atoms with Crippen molar-refractivity contribution < 1.29 is 19.2 Å². The van der Waals surface area contributed by atoms with Crippen LogP contribution in [0.3, 0.4) is 0 Å². The van der Waals surface area contributed by atoms with Crippen molar-refractivity contribution in [1.29, 1.82) is 0 Å². The van der Waals surface area contributed by atoms with Crippen LogP contribution in [0.5, 0.6) is 0 Å². The van der Waals surface area contributed by atoms with Crippen LogP contribution >= 0.6 is 11.3 Å². The zero-order valence-electron chi connectivity index (χ0n) is 13.2. The average molecular weight is 360 g/mol. The first-order valence-electron chi connectivity index (χ1n) is 7.47. The molecule has 0 radical (unpaired) electrons. The largest absolute Gasteiger partial charge is 0.462 e. The molecule has 1 aromatic carbocycles. The van der Waals surface area contributed by atoms with E-state index in [1.54, 1.807) is 24.3 Å². The minimum absolute atomic E-state index is 0.00989. The van der Waals surface area contributed by atoms with Crippen LogP contribution in [-0.4, -0.2) is 30.0 Å². The van der Waals surface area contributed by atoms with E-state index in [2.05, 4.69) is 5.32 Å². The van der Waals surface area contributed by atoms with Crippen LogP contribution in [0.2, 0.25) is 0 Å². The van der Waals surface area contributed by atoms with E-state index < -0.39 is 10.9 Å². The lowest BCUT2D eigenvalue weighted by Crippen LogP contribution is -2.24. The first-order chi connectivity index (χ1) is 12.1. The number of carbonyl (C=O) groups is 2. The Morgan fingerprint density at radius 3 is 2.64 bits per heavy atom. The van der Waals surface area contributed by atoms with Crippen molar-refractivity contribution in [1.82, 2.24) is 5.32 Å². The Labute approximate surface area is 148 Å². The predicted octanol–water partition coefficient (Wildman–Crippen LogP) is 3.03. The molecule has 0 saturated carbocycles. The van der Waals surface area contributed by atoms with Gasteiger partial charge in [-0.25, -0.2) is 4.79 Å². The van der Waals surface area contributed by atoms with E-state index in [-0.39, 0.29) is 18.2 Å². The lowest BCUT2D eigenvalue weighted by molar-refractivity contribution is -0.384. The standard InChI is InChI=1S/C17H16N2O5S/c20-16(9-6-13-4-7-14(8-5-13)19(22)23)24-11-2-10-18-17(21)15-3-1-12-25-15/h1,3-9,12H,2,10-11H2,(H,18,21)/b9-6+. The second-order valence-corrected chi connectivity index (χ2v) is 5.88. The van der Waals surface area contributed by atoms with Gasteiger partial charge in [-0.1, -0.05) is 6.07 Å². The van der Waals surface area contributed by atoms with Gasteiger partial charge in [-0.15, -0.1) is 11.3 Å². The number of hydrogen-bond acceptors (Lipinski definition) is 6. The van der Waals surface area contributed by atoms with Crippen LogP contribution in [0, 0.1) is 10.1 Å². The van der Waals surface area contributed by atoms with E-state index in [0.29, 0.717) is 23.4 Å². The predicted molar refractivity (Wildman–Crippen MR) is 94.4 cm³/mol. The van der Waals surface area contributed by atoms with Crippen molar-refractivity contribution in [3.8, 4) is 0 Å². The summed E-state index contributed by atoms with van der Waals surface area (Å²) in [7, 11) is 0. The van der Waals surface area contributed by atoms with Gasteiger partial charge >= 0.3 is 5.97 Å². The van der Waals surface area contributed by atoms with Gasteiger partial charge in [-0.05, 0) is 41.6 Å². The molecule has 1 aromatic heterocycles. The number of carbonyl (C=O) groups excluding carboxylic acids is 2. The van der Waals surface area contributed by atoms with E-state index in [4.69, 9.17) is 4.74 Å². The van der Waals surface area contributed by atoms with Gasteiger partial charge in [0.25, 0.3) is 11.6 Å². The molecule has 0 spiro atoms. The maximum Gasteiger partial charge on any atom is 0.330 e. The van der Waals surface area contributed by atoms with Crippen LogP contribution in [0.15, 0.2) is 47.9 Å². The summed E-state index contributed by atoms with van der Waals surface area (Å²) < 4.78 is 5.02. The summed E-state index contributed by atoms with van der Waals surface area (Å²) in [5.74, 6) is -0.651. The molecule has 130 valence electrons. The molecule has 0 fully saturated rings. The highest BCUT2D eigenvalue weighted by molar-refractivity contribution is 7.12. The number of benzene rings is 1. The van der Waals surface area contributed by atoms with Crippen molar-refractivity contribution in [3.63, 3.8) is 0 Å². The molecule has 1 heterocycles. The fourth-order valence-electron chi connectivity index (χ4n) is 1.86. The number of ether oxygens (including phenoxy) is 1. The topological polar surface area (TPSA) is 98.5 Å². The molecule has 1 N–H and O–H groups in total. The van der Waals surface area contributed by atoms with Crippen molar-refractivity contribution in [2.24, 2.45) is 0 Å². The molecular formula is C17H16N2O5S. The Morgan fingerprint density at radius 2 is 2.00 bits per heavy atom. The third-order valence-electron chi connectivity index (χ3n) is 3.11. The van der Waals surface area contributed by atoms with Crippen LogP contribution < -0.4 is 5.32 Å². The zero-order valence-corrected chi connectivity index (χ0v) is 14.0. The second-order valence-electron chi connectivity index (χ2n) is 4.94. The Balaban J connectivity index is 1.65. The average Bonchev–Trinajstić information content (AvgIpc) is 3.14. The zero-order chi connectivity index (χ0) is 18.1. The highest BCUT2D eigenvalue weighted by atomic mass is 32.1. The lowest BCUT2D eigenvalue weighted by Gasteiger charge is -2.04. The van der Waals surface area contributed by atoms with Crippen molar-refractivity contribution in [3.05, 3.63) is 68.4 Å². The van der Waals surface area contributed by atoms with Crippen molar-refractivity contribution in [2.75, 3.05) is 13.2 Å². The van der Waals surface area contributed by atoms with Gasteiger partial charge in [0, 0.05) is 24.8 Å². The number of nitrogens with one attached hydrogen (secondary N) is 1. The van der Waals surface area contributed by atoms with Gasteiger partial charge in [0.1, 0.15) is 0 Å². The van der Waals surface area contributed by atoms with Gasteiger partial charge < -0.3 is 10.1 Å². The Morgan fingerprint density at radius 1 is 1.24 bits per heavy atom. The van der Waals surface area contributed by atoms with Crippen LogP contribution in [-0.2, 0) is 9.53 Å². The van der Waals surface area contributed by atoms with Crippen LogP contribution in [0.4, 0.5) is 5.69 Å². The minimum atomic E-state index is -0.511. The molecule has 1 amide bonds. The summed E-state index contributed by atoms with van der Waals surface area (Å²) in [5.41, 5.74) is 0.648. The third-order valence-corrected chi connectivity index (χ3v) is 3.98. The summed E-state index contributed by atoms with van der Waals surface area (Å²) >= 11 is 1.36. The van der Waals surface area contributed by atoms with Crippen molar-refractivity contribution in [2.45, 2.75) is 6.42 Å². The lowest BCUT2D eigenvalue weighted by atomic mass is 10.2. The smallest absolute Gasteiger partial charge is 0.330 e. The van der Waals surface area contributed by atoms with Crippen molar-refractivity contribution >= 4 is 35.0 Å². The molecule has 0 saturated heterocycles. The number of hydrogen-bond donors (Lipinski definition) is 1. The summed E-state index contributed by atoms with van der Waals surface area (Å²) in [6.45, 7) is 0.601. The quantitative estimate of drug-likeness (QED) is 0.256. The van der Waals surface area contributed by atoms with Gasteiger partial charge in [-0.2, -0.15) is 0 Å². The molecular weight excluding hydrogens is 344 g/mol. The molecule has 0 aliphatic carbocycles. The second kappa shape index (κ2) is 9.33. The maximum atomic E-state index is 11.7. The van der Waals surface area contributed by atoms with Gasteiger partial charge in [0.15, 0.2) is 0 Å². The molecule has 2 rings (SSSR count). The highest BCUT2D eigenvalue weighted by Gasteiger charge is 2.05. The molecule has 25 heavy (non-hydrogen) atoms. The van der Waals surface area contributed by atoms with Gasteiger partial charge in [0.05, 0.1) is 16.4 Å². The number of amides is 1.